The molecule has 0 aliphatic heterocycles. The summed E-state index contributed by atoms with van der Waals surface area (Å²) in [5, 5.41) is 17.1. The number of aliphatic hydroxyl groups excluding tert-OH is 2. The molecule has 8 heteroatoms. The van der Waals surface area contributed by atoms with Gasteiger partial charge in [-0.25, -0.2) is 15.0 Å². The molecule has 2 N–H and O–H groups in total. The first-order chi connectivity index (χ1) is 21.0. The minimum Gasteiger partial charge on any atom is -0.393 e. The molecule has 2 radical (unpaired) electrons. The van der Waals surface area contributed by atoms with Crippen molar-refractivity contribution in [2.24, 2.45) is 0 Å². The van der Waals surface area contributed by atoms with Gasteiger partial charge in [0.15, 0.2) is 0 Å². The molecule has 2 aromatic heterocycles. The summed E-state index contributed by atoms with van der Waals surface area (Å²) in [6.07, 6.45) is 2.93. The van der Waals surface area contributed by atoms with Crippen molar-refractivity contribution in [2.75, 3.05) is 0 Å². The van der Waals surface area contributed by atoms with Gasteiger partial charge in [-0.2, -0.15) is 0 Å². The Kier molecular flexibility index (Phi) is 21.7. The molecule has 0 amide bonds. The van der Waals surface area contributed by atoms with Crippen LogP contribution in [0.4, 0.5) is 0 Å². The minimum absolute atomic E-state index is 0. The van der Waals surface area contributed by atoms with E-state index in [0.29, 0.717) is 6.42 Å². The van der Waals surface area contributed by atoms with Gasteiger partial charge in [-0.1, -0.05) is 112 Å². The second kappa shape index (κ2) is 23.6. The largest absolute Gasteiger partial charge is 0.393 e. The summed E-state index contributed by atoms with van der Waals surface area (Å²) < 4.78 is 0. The van der Waals surface area contributed by atoms with Crippen LogP contribution in [-0.4, -0.2) is 42.4 Å². The predicted octanol–water partition coefficient (Wildman–Crippen LogP) is 8.83. The number of benzene rings is 4. The Balaban J connectivity index is 0.000000703. The Morgan fingerprint density at radius 1 is 0.511 bits per heavy atom. The van der Waals surface area contributed by atoms with E-state index in [1.54, 1.807) is 26.5 Å². The average molecular weight is 984 g/mol. The van der Waals surface area contributed by atoms with Gasteiger partial charge in [-0.15, -0.1) is 35.9 Å². The molecule has 0 fully saturated rings. The maximum absolute atomic E-state index is 8.56. The van der Waals surface area contributed by atoms with E-state index in [4.69, 9.17) is 10.2 Å². The van der Waals surface area contributed by atoms with E-state index in [-0.39, 0.29) is 67.3 Å². The van der Waals surface area contributed by atoms with Crippen LogP contribution in [0, 0.1) is 6.07 Å². The van der Waals surface area contributed by atoms with Crippen molar-refractivity contribution in [3.63, 3.8) is 0 Å². The first-order valence-electron chi connectivity index (χ1n) is 14.1. The number of hydrogen-bond donors (Lipinski definition) is 2. The quantitative estimate of drug-likeness (QED) is 0.162. The van der Waals surface area contributed by atoms with Crippen molar-refractivity contribution in [1.82, 2.24) is 19.9 Å². The van der Waals surface area contributed by atoms with E-state index in [1.807, 2.05) is 103 Å². The standard InChI is InChI=1S/C16H12N2.C16H11N2.C5H12O2.2CH4.2Ir/c2*1-3-7-13(8-4-1)15-11-16(18-12-17-15)14-9-5-2-6-10-14;1-4(6)3-5(2)7;;;;/h1-12H;1-9,11-12H;4-7H,3H2,1-2H3;2*1H4;;/q;-1;;;;;. The molecule has 0 aliphatic rings. The van der Waals surface area contributed by atoms with Crippen molar-refractivity contribution < 1.29 is 50.4 Å². The molecule has 0 spiro atoms. The van der Waals surface area contributed by atoms with E-state index in [1.165, 1.54) is 0 Å². The number of hydrogen-bond acceptors (Lipinski definition) is 6. The molecule has 0 aliphatic carbocycles. The van der Waals surface area contributed by atoms with E-state index in [2.05, 4.69) is 50.3 Å². The maximum atomic E-state index is 8.56. The van der Waals surface area contributed by atoms with Crippen LogP contribution in [-0.2, 0) is 40.2 Å². The van der Waals surface area contributed by atoms with Crippen molar-refractivity contribution in [3.8, 4) is 45.0 Å². The predicted molar refractivity (Wildman–Crippen MR) is 186 cm³/mol. The normalized spacial score (nSPS) is 10.6. The summed E-state index contributed by atoms with van der Waals surface area (Å²) in [7, 11) is 0. The van der Waals surface area contributed by atoms with Crippen LogP contribution in [0.3, 0.4) is 0 Å². The van der Waals surface area contributed by atoms with Crippen LogP contribution < -0.4 is 0 Å². The second-order valence-electron chi connectivity index (χ2n) is 9.89. The maximum Gasteiger partial charge on any atom is 0.116 e. The molecular formula is C39H43Ir2N4O2-. The monoisotopic (exact) mass is 985 g/mol. The molecule has 6 nitrogen and oxygen atoms in total. The van der Waals surface area contributed by atoms with Crippen LogP contribution in [0.25, 0.3) is 45.0 Å². The zero-order valence-electron chi connectivity index (χ0n) is 25.0. The van der Waals surface area contributed by atoms with Crippen molar-refractivity contribution in [3.05, 3.63) is 146 Å². The molecule has 47 heavy (non-hydrogen) atoms. The summed E-state index contributed by atoms with van der Waals surface area (Å²) in [4.78, 5) is 17.3. The smallest absolute Gasteiger partial charge is 0.116 e. The van der Waals surface area contributed by atoms with Gasteiger partial charge in [-0.3, -0.25) is 4.98 Å². The molecule has 2 atom stereocenters. The Labute approximate surface area is 307 Å². The van der Waals surface area contributed by atoms with Gasteiger partial charge in [0.25, 0.3) is 0 Å². The minimum atomic E-state index is -0.375. The molecular weight excluding hydrogens is 941 g/mol. The number of aliphatic hydroxyl groups is 2. The first kappa shape index (κ1) is 43.3. The average Bonchev–Trinajstić information content (AvgIpc) is 3.06. The number of aromatic nitrogens is 4. The van der Waals surface area contributed by atoms with Crippen molar-refractivity contribution >= 4 is 0 Å². The topological polar surface area (TPSA) is 92.0 Å². The number of nitrogens with zero attached hydrogens (tertiary/aromatic N) is 4. The van der Waals surface area contributed by atoms with Gasteiger partial charge >= 0.3 is 0 Å². The molecule has 0 saturated heterocycles. The zero-order valence-corrected chi connectivity index (χ0v) is 29.8. The van der Waals surface area contributed by atoms with Crippen molar-refractivity contribution in [1.29, 1.82) is 0 Å². The molecule has 0 saturated carbocycles. The summed E-state index contributed by atoms with van der Waals surface area (Å²) in [6.45, 7) is 3.32. The van der Waals surface area contributed by atoms with Crippen LogP contribution in [0.15, 0.2) is 140 Å². The van der Waals surface area contributed by atoms with E-state index in [9.17, 15) is 0 Å². The van der Waals surface area contributed by atoms with Gasteiger partial charge in [0.1, 0.15) is 12.7 Å². The summed E-state index contributed by atoms with van der Waals surface area (Å²) in [6, 6.07) is 45.4. The third-order valence-electron chi connectivity index (χ3n) is 6.21. The Hall–Kier alpha value is -3.74. The molecule has 250 valence electrons. The van der Waals surface area contributed by atoms with Crippen molar-refractivity contribution in [2.45, 2.75) is 47.3 Å². The summed E-state index contributed by atoms with van der Waals surface area (Å²) in [5.74, 6) is 0. The van der Waals surface area contributed by atoms with Gasteiger partial charge in [0.2, 0.25) is 0 Å². The van der Waals surface area contributed by atoms with Gasteiger partial charge < -0.3 is 10.2 Å². The molecule has 0 bridgehead atoms. The molecule has 4 aromatic carbocycles. The van der Waals surface area contributed by atoms with Gasteiger partial charge in [-0.05, 0) is 37.6 Å². The van der Waals surface area contributed by atoms with Crippen LogP contribution in [0.1, 0.15) is 35.1 Å². The molecule has 6 rings (SSSR count). The molecule has 2 heterocycles. The van der Waals surface area contributed by atoms with E-state index < -0.39 is 0 Å². The second-order valence-corrected chi connectivity index (χ2v) is 9.89. The van der Waals surface area contributed by atoms with Crippen LogP contribution in [0.5, 0.6) is 0 Å². The molecule has 2 unspecified atom stereocenters. The van der Waals surface area contributed by atoms with E-state index in [0.717, 1.165) is 45.0 Å². The zero-order chi connectivity index (χ0) is 30.3. The fourth-order valence-electron chi connectivity index (χ4n) is 4.21. The van der Waals surface area contributed by atoms with Gasteiger partial charge in [0.05, 0.1) is 29.3 Å². The van der Waals surface area contributed by atoms with Gasteiger partial charge in [0, 0.05) is 51.3 Å². The number of rotatable bonds is 6. The third kappa shape index (κ3) is 14.7. The van der Waals surface area contributed by atoms with Crippen LogP contribution >= 0.6 is 0 Å². The van der Waals surface area contributed by atoms with Crippen LogP contribution in [0.2, 0.25) is 0 Å². The summed E-state index contributed by atoms with van der Waals surface area (Å²) in [5.41, 5.74) is 8.01. The first-order valence-corrected chi connectivity index (χ1v) is 14.1. The third-order valence-corrected chi connectivity index (χ3v) is 6.21. The fourth-order valence-corrected chi connectivity index (χ4v) is 4.21. The van der Waals surface area contributed by atoms with E-state index >= 15 is 0 Å². The SMILES string of the molecule is C.C.CC(O)CC(C)O.[Ir].[Ir].[c-]1ccccc1-c1cc(-c2ccccc2)ncn1.c1ccc(-c2cc(-c3ccccc3)ncn2)cc1. The summed E-state index contributed by atoms with van der Waals surface area (Å²) >= 11 is 0. The Morgan fingerprint density at radius 2 is 0.851 bits per heavy atom. The Morgan fingerprint density at radius 3 is 1.17 bits per heavy atom. The molecule has 6 aromatic rings. The Bertz CT molecular complexity index is 1410. The fraction of sp³-hybridized carbons (Fsp3) is 0.179.